The summed E-state index contributed by atoms with van der Waals surface area (Å²) in [6.07, 6.45) is 2.58. The van der Waals surface area contributed by atoms with E-state index in [9.17, 15) is 18.0 Å². The zero-order valence-electron chi connectivity index (χ0n) is 15.2. The second kappa shape index (κ2) is 7.93. The Morgan fingerprint density at radius 3 is 2.90 bits per heavy atom. The van der Waals surface area contributed by atoms with Crippen molar-refractivity contribution in [3.05, 3.63) is 58.8 Å². The number of carbonyl (C=O) groups is 1. The van der Waals surface area contributed by atoms with Gasteiger partial charge in [0.1, 0.15) is 21.7 Å². The number of H-pyrrole nitrogens is 1. The van der Waals surface area contributed by atoms with Crippen LogP contribution in [-0.2, 0) is 21.4 Å². The first-order valence-electron chi connectivity index (χ1n) is 8.93. The van der Waals surface area contributed by atoms with Crippen LogP contribution in [0.4, 0.5) is 0 Å². The zero-order chi connectivity index (χ0) is 20.4. The van der Waals surface area contributed by atoms with Gasteiger partial charge < -0.3 is 9.73 Å². The molecule has 1 aliphatic heterocycles. The summed E-state index contributed by atoms with van der Waals surface area (Å²) in [6.45, 7) is 0.489. The Morgan fingerprint density at radius 1 is 1.31 bits per heavy atom. The van der Waals surface area contributed by atoms with E-state index in [2.05, 4.69) is 15.5 Å². The zero-order valence-corrected chi connectivity index (χ0v) is 16.8. The van der Waals surface area contributed by atoms with Crippen molar-refractivity contribution in [1.82, 2.24) is 19.8 Å². The monoisotopic (exact) mass is 434 g/mol. The molecule has 0 bridgehead atoms. The van der Waals surface area contributed by atoms with E-state index in [4.69, 9.17) is 4.42 Å². The number of aromatic amines is 1. The molecule has 152 valence electrons. The van der Waals surface area contributed by atoms with Crippen molar-refractivity contribution in [1.29, 1.82) is 0 Å². The molecule has 11 heteroatoms. The Morgan fingerprint density at radius 2 is 2.17 bits per heavy atom. The van der Waals surface area contributed by atoms with E-state index in [-0.39, 0.29) is 28.8 Å². The number of thiophene rings is 1. The number of amides is 1. The summed E-state index contributed by atoms with van der Waals surface area (Å²) in [5.74, 6) is 0.253. The van der Waals surface area contributed by atoms with Crippen LogP contribution in [0.15, 0.2) is 56.1 Å². The summed E-state index contributed by atoms with van der Waals surface area (Å²) in [5.41, 5.74) is 0.142. The number of nitrogens with zero attached hydrogens (tertiary/aromatic N) is 2. The highest BCUT2D eigenvalue weighted by Gasteiger charge is 2.40. The molecule has 1 fully saturated rings. The molecule has 1 saturated heterocycles. The molecule has 0 aromatic carbocycles. The van der Waals surface area contributed by atoms with Gasteiger partial charge in [-0.25, -0.2) is 13.5 Å². The Balaban J connectivity index is 1.52. The van der Waals surface area contributed by atoms with Gasteiger partial charge in [0.05, 0.1) is 17.7 Å². The van der Waals surface area contributed by atoms with Crippen molar-refractivity contribution in [2.45, 2.75) is 29.6 Å². The van der Waals surface area contributed by atoms with E-state index in [1.807, 2.05) is 0 Å². The van der Waals surface area contributed by atoms with Gasteiger partial charge in [0.2, 0.25) is 5.91 Å². The number of carbonyl (C=O) groups excluding carboxylic acids is 1. The van der Waals surface area contributed by atoms with Crippen LogP contribution in [0, 0.1) is 0 Å². The molecule has 4 heterocycles. The van der Waals surface area contributed by atoms with Gasteiger partial charge in [-0.3, -0.25) is 9.59 Å². The molecule has 0 aliphatic carbocycles. The maximum Gasteiger partial charge on any atom is 0.264 e. The third-order valence-electron chi connectivity index (χ3n) is 4.60. The van der Waals surface area contributed by atoms with Crippen LogP contribution >= 0.6 is 11.3 Å². The molecule has 2 N–H and O–H groups in total. The molecule has 1 amide bonds. The minimum Gasteiger partial charge on any atom is -0.467 e. The molecule has 4 rings (SSSR count). The summed E-state index contributed by atoms with van der Waals surface area (Å²) in [4.78, 5) is 24.4. The van der Waals surface area contributed by atoms with Crippen LogP contribution in [0.2, 0.25) is 0 Å². The van der Waals surface area contributed by atoms with Crippen LogP contribution in [-0.4, -0.2) is 41.4 Å². The fourth-order valence-corrected chi connectivity index (χ4v) is 6.25. The summed E-state index contributed by atoms with van der Waals surface area (Å²) in [7, 11) is -3.83. The molecule has 1 aliphatic rings. The first-order valence-corrected chi connectivity index (χ1v) is 11.2. The number of hydrogen-bond donors (Lipinski definition) is 2. The van der Waals surface area contributed by atoms with Gasteiger partial charge in [0.15, 0.2) is 0 Å². The first-order chi connectivity index (χ1) is 13.9. The second-order valence-corrected chi connectivity index (χ2v) is 9.70. The summed E-state index contributed by atoms with van der Waals surface area (Å²) >= 11 is 1.05. The highest BCUT2D eigenvalue weighted by atomic mass is 32.2. The van der Waals surface area contributed by atoms with Crippen LogP contribution in [0.5, 0.6) is 0 Å². The van der Waals surface area contributed by atoms with Gasteiger partial charge in [0, 0.05) is 12.6 Å². The van der Waals surface area contributed by atoms with E-state index < -0.39 is 16.1 Å². The number of nitrogens with one attached hydrogen (secondary N) is 2. The lowest BCUT2D eigenvalue weighted by Crippen LogP contribution is -2.45. The third-order valence-corrected chi connectivity index (χ3v) is 8.08. The fourth-order valence-electron chi connectivity index (χ4n) is 3.19. The lowest BCUT2D eigenvalue weighted by atomic mass is 10.2. The quantitative estimate of drug-likeness (QED) is 0.606. The van der Waals surface area contributed by atoms with Crippen molar-refractivity contribution in [2.75, 3.05) is 6.54 Å². The predicted octanol–water partition coefficient (Wildman–Crippen LogP) is 1.56. The Bertz CT molecular complexity index is 1150. The molecule has 3 aromatic rings. The smallest absolute Gasteiger partial charge is 0.264 e. The van der Waals surface area contributed by atoms with Gasteiger partial charge in [0.25, 0.3) is 15.6 Å². The van der Waals surface area contributed by atoms with Crippen LogP contribution in [0.25, 0.3) is 10.6 Å². The molecule has 0 spiro atoms. The summed E-state index contributed by atoms with van der Waals surface area (Å²) in [6, 6.07) is 8.70. The van der Waals surface area contributed by atoms with Crippen molar-refractivity contribution in [3.63, 3.8) is 0 Å². The van der Waals surface area contributed by atoms with E-state index in [1.165, 1.54) is 28.8 Å². The molecular formula is C18H18N4O5S2. The standard InChI is InChI=1S/C18H18N4O5S2/c23-16-7-5-13(20-21-16)15-6-8-17(28-15)29(25,26)22-9-1-4-14(22)18(24)19-11-12-3-2-10-27-12/h2-3,5-8,10,14H,1,4,9,11H2,(H,19,24)(H,21,23)/t14-/m0/s1. The van der Waals surface area contributed by atoms with Gasteiger partial charge in [-0.05, 0) is 43.2 Å². The third kappa shape index (κ3) is 4.02. The molecule has 0 unspecified atom stereocenters. The lowest BCUT2D eigenvalue weighted by molar-refractivity contribution is -0.124. The van der Waals surface area contributed by atoms with Gasteiger partial charge in [-0.15, -0.1) is 11.3 Å². The SMILES string of the molecule is O=C(NCc1ccco1)[C@@H]1CCCN1S(=O)(=O)c1ccc(-c2ccc(=O)[nH]n2)s1. The van der Waals surface area contributed by atoms with Crippen LogP contribution in [0.1, 0.15) is 18.6 Å². The maximum atomic E-state index is 13.1. The number of furan rings is 1. The Labute approximate surface area is 170 Å². The molecule has 0 saturated carbocycles. The Kier molecular flexibility index (Phi) is 5.35. The van der Waals surface area contributed by atoms with E-state index in [1.54, 1.807) is 18.2 Å². The van der Waals surface area contributed by atoms with Crippen LogP contribution in [0.3, 0.4) is 0 Å². The topological polar surface area (TPSA) is 125 Å². The molecule has 29 heavy (non-hydrogen) atoms. The Hall–Kier alpha value is -2.76. The van der Waals surface area contributed by atoms with Gasteiger partial charge in [-0.2, -0.15) is 9.40 Å². The summed E-state index contributed by atoms with van der Waals surface area (Å²) in [5, 5.41) is 8.99. The maximum absolute atomic E-state index is 13.1. The largest absolute Gasteiger partial charge is 0.467 e. The average Bonchev–Trinajstić information content (AvgIpc) is 3.48. The fraction of sp³-hybridized carbons (Fsp3) is 0.278. The minimum absolute atomic E-state index is 0.131. The summed E-state index contributed by atoms with van der Waals surface area (Å²) < 4.78 is 32.9. The first kappa shape index (κ1) is 19.6. The number of sulfonamides is 1. The van der Waals surface area contributed by atoms with Gasteiger partial charge in [-0.1, -0.05) is 0 Å². The highest BCUT2D eigenvalue weighted by molar-refractivity contribution is 7.91. The van der Waals surface area contributed by atoms with Crippen molar-refractivity contribution < 1.29 is 17.6 Å². The number of rotatable bonds is 6. The number of aromatic nitrogens is 2. The second-order valence-electron chi connectivity index (χ2n) is 6.50. The van der Waals surface area contributed by atoms with Crippen molar-refractivity contribution in [2.24, 2.45) is 0 Å². The highest BCUT2D eigenvalue weighted by Crippen LogP contribution is 2.33. The van der Waals surface area contributed by atoms with E-state index in [0.717, 1.165) is 11.3 Å². The average molecular weight is 434 g/mol. The normalized spacial score (nSPS) is 17.4. The molecular weight excluding hydrogens is 416 g/mol. The molecule has 0 radical (unpaired) electrons. The molecule has 1 atom stereocenters. The van der Waals surface area contributed by atoms with Crippen LogP contribution < -0.4 is 10.9 Å². The predicted molar refractivity (Wildman–Crippen MR) is 106 cm³/mol. The van der Waals surface area contributed by atoms with E-state index in [0.29, 0.717) is 29.2 Å². The molecule has 3 aromatic heterocycles. The minimum atomic E-state index is -3.83. The lowest BCUT2D eigenvalue weighted by Gasteiger charge is -2.22. The molecule has 9 nitrogen and oxygen atoms in total. The van der Waals surface area contributed by atoms with E-state index >= 15 is 0 Å². The van der Waals surface area contributed by atoms with Gasteiger partial charge >= 0.3 is 0 Å². The van der Waals surface area contributed by atoms with Crippen molar-refractivity contribution in [3.8, 4) is 10.6 Å². The number of hydrogen-bond acceptors (Lipinski definition) is 7. The van der Waals surface area contributed by atoms with Crippen molar-refractivity contribution >= 4 is 27.3 Å².